The fourth-order valence-corrected chi connectivity index (χ4v) is 3.54. The summed E-state index contributed by atoms with van der Waals surface area (Å²) in [5, 5.41) is 3.65. The molecule has 0 radical (unpaired) electrons. The second kappa shape index (κ2) is 5.59. The average Bonchev–Trinajstić information content (AvgIpc) is 2.42. The first-order chi connectivity index (χ1) is 9.22. The van der Waals surface area contributed by atoms with Gasteiger partial charge in [0.1, 0.15) is 5.82 Å². The van der Waals surface area contributed by atoms with E-state index in [4.69, 9.17) is 0 Å². The van der Waals surface area contributed by atoms with Gasteiger partial charge in [-0.05, 0) is 68.5 Å². The van der Waals surface area contributed by atoms with E-state index in [0.29, 0.717) is 0 Å². The Morgan fingerprint density at radius 3 is 3.11 bits per heavy atom. The highest BCUT2D eigenvalue weighted by molar-refractivity contribution is 5.26. The minimum absolute atomic E-state index is 0.128. The van der Waals surface area contributed by atoms with E-state index in [1.54, 1.807) is 12.1 Å². The number of fused-ring (bicyclic) bond motifs is 1. The van der Waals surface area contributed by atoms with Crippen LogP contribution in [0, 0.1) is 18.7 Å². The summed E-state index contributed by atoms with van der Waals surface area (Å²) in [6.07, 6.45) is 3.92. The maximum absolute atomic E-state index is 13.1. The van der Waals surface area contributed by atoms with Crippen LogP contribution in [0.4, 0.5) is 4.39 Å². The van der Waals surface area contributed by atoms with Crippen molar-refractivity contribution in [2.45, 2.75) is 38.8 Å². The molecule has 1 N–H and O–H groups in total. The van der Waals surface area contributed by atoms with Gasteiger partial charge in [-0.15, -0.1) is 0 Å². The molecule has 0 saturated carbocycles. The van der Waals surface area contributed by atoms with Crippen LogP contribution in [-0.4, -0.2) is 30.6 Å². The van der Waals surface area contributed by atoms with Gasteiger partial charge in [-0.2, -0.15) is 0 Å². The van der Waals surface area contributed by atoms with Crippen molar-refractivity contribution < 1.29 is 4.39 Å². The maximum atomic E-state index is 13.1. The molecule has 2 fully saturated rings. The Bertz CT molecular complexity index is 446. The Morgan fingerprint density at radius 2 is 2.26 bits per heavy atom. The van der Waals surface area contributed by atoms with Gasteiger partial charge < -0.3 is 5.32 Å². The lowest BCUT2D eigenvalue weighted by molar-refractivity contribution is 0.109. The number of likely N-dealkylation sites (tertiary alicyclic amines) is 1. The molecule has 2 unspecified atom stereocenters. The maximum Gasteiger partial charge on any atom is 0.123 e. The van der Waals surface area contributed by atoms with Gasteiger partial charge in [0, 0.05) is 19.1 Å². The van der Waals surface area contributed by atoms with Crippen molar-refractivity contribution in [3.05, 3.63) is 35.1 Å². The first-order valence-corrected chi connectivity index (χ1v) is 7.43. The van der Waals surface area contributed by atoms with Crippen molar-refractivity contribution in [1.29, 1.82) is 0 Å². The highest BCUT2D eigenvalue weighted by Gasteiger charge is 2.30. The van der Waals surface area contributed by atoms with E-state index in [1.165, 1.54) is 37.9 Å². The smallest absolute Gasteiger partial charge is 0.123 e. The summed E-state index contributed by atoms with van der Waals surface area (Å²) in [5.41, 5.74) is 2.34. The molecule has 2 nitrogen and oxygen atoms in total. The third kappa shape index (κ3) is 2.98. The van der Waals surface area contributed by atoms with Gasteiger partial charge >= 0.3 is 0 Å². The minimum atomic E-state index is -0.128. The van der Waals surface area contributed by atoms with Crippen molar-refractivity contribution in [3.8, 4) is 0 Å². The lowest BCUT2D eigenvalue weighted by Crippen LogP contribution is -2.51. The zero-order valence-electron chi connectivity index (χ0n) is 11.7. The largest absolute Gasteiger partial charge is 0.314 e. The summed E-state index contributed by atoms with van der Waals surface area (Å²) >= 11 is 0. The Balaban J connectivity index is 1.64. The van der Waals surface area contributed by atoms with Crippen molar-refractivity contribution in [2.75, 3.05) is 19.6 Å². The summed E-state index contributed by atoms with van der Waals surface area (Å²) in [4.78, 5) is 2.54. The second-order valence-electron chi connectivity index (χ2n) is 6.06. The Labute approximate surface area is 115 Å². The zero-order chi connectivity index (χ0) is 13.2. The Kier molecular flexibility index (Phi) is 3.85. The highest BCUT2D eigenvalue weighted by Crippen LogP contribution is 2.26. The molecule has 2 aliphatic heterocycles. The molecule has 2 aliphatic rings. The number of hydrogen-bond donors (Lipinski definition) is 1. The normalized spacial score (nSPS) is 28.1. The van der Waals surface area contributed by atoms with Crippen molar-refractivity contribution in [1.82, 2.24) is 10.2 Å². The fourth-order valence-electron chi connectivity index (χ4n) is 3.54. The van der Waals surface area contributed by atoms with E-state index in [1.807, 2.05) is 13.0 Å². The molecule has 0 amide bonds. The predicted molar refractivity (Wildman–Crippen MR) is 75.5 cm³/mol. The fraction of sp³-hybridized carbons (Fsp3) is 0.625. The van der Waals surface area contributed by atoms with Gasteiger partial charge in [0.15, 0.2) is 0 Å². The molecule has 1 aromatic rings. The van der Waals surface area contributed by atoms with Crippen LogP contribution in [0.25, 0.3) is 0 Å². The molecule has 3 rings (SSSR count). The first-order valence-electron chi connectivity index (χ1n) is 7.43. The van der Waals surface area contributed by atoms with Crippen LogP contribution in [0.5, 0.6) is 0 Å². The van der Waals surface area contributed by atoms with E-state index < -0.39 is 0 Å². The predicted octanol–water partition coefficient (Wildman–Crippen LogP) is 2.71. The van der Waals surface area contributed by atoms with E-state index in [-0.39, 0.29) is 5.82 Å². The third-order valence-electron chi connectivity index (χ3n) is 4.67. The molecule has 0 aliphatic carbocycles. The van der Waals surface area contributed by atoms with E-state index in [9.17, 15) is 4.39 Å². The molecule has 104 valence electrons. The lowest BCUT2D eigenvalue weighted by Gasteiger charge is -2.42. The molecule has 0 spiro atoms. The van der Waals surface area contributed by atoms with Gasteiger partial charge in [0.25, 0.3) is 0 Å². The molecular weight excluding hydrogens is 239 g/mol. The molecule has 1 aromatic carbocycles. The van der Waals surface area contributed by atoms with Crippen molar-refractivity contribution in [3.63, 3.8) is 0 Å². The van der Waals surface area contributed by atoms with Crippen LogP contribution in [0.15, 0.2) is 18.2 Å². The van der Waals surface area contributed by atoms with Gasteiger partial charge in [-0.25, -0.2) is 4.39 Å². The van der Waals surface area contributed by atoms with Crippen molar-refractivity contribution in [2.24, 2.45) is 5.92 Å². The average molecular weight is 262 g/mol. The van der Waals surface area contributed by atoms with Gasteiger partial charge in [-0.3, -0.25) is 4.90 Å². The lowest BCUT2D eigenvalue weighted by atomic mass is 9.85. The monoisotopic (exact) mass is 262 g/mol. The van der Waals surface area contributed by atoms with E-state index in [0.717, 1.165) is 30.6 Å². The van der Waals surface area contributed by atoms with E-state index >= 15 is 0 Å². The van der Waals surface area contributed by atoms with Gasteiger partial charge in [-0.1, -0.05) is 6.07 Å². The standard InChI is InChI=1S/C16H23FN2/c1-12-9-15(17)5-4-13(12)10-19-8-6-16-14(11-19)3-2-7-18-16/h4-5,9,14,16,18H,2-3,6-8,10-11H2,1H3. The Hall–Kier alpha value is -0.930. The van der Waals surface area contributed by atoms with Crippen LogP contribution in [0.3, 0.4) is 0 Å². The van der Waals surface area contributed by atoms with E-state index in [2.05, 4.69) is 10.2 Å². The first kappa shape index (κ1) is 13.1. The topological polar surface area (TPSA) is 15.3 Å². The van der Waals surface area contributed by atoms with Gasteiger partial charge in [0.05, 0.1) is 0 Å². The number of piperidine rings is 2. The van der Waals surface area contributed by atoms with Crippen LogP contribution in [0.2, 0.25) is 0 Å². The summed E-state index contributed by atoms with van der Waals surface area (Å²) in [6.45, 7) is 6.51. The highest BCUT2D eigenvalue weighted by atomic mass is 19.1. The van der Waals surface area contributed by atoms with Gasteiger partial charge in [0.2, 0.25) is 0 Å². The number of nitrogens with one attached hydrogen (secondary N) is 1. The quantitative estimate of drug-likeness (QED) is 0.881. The summed E-state index contributed by atoms with van der Waals surface area (Å²) < 4.78 is 13.1. The number of benzene rings is 1. The van der Waals surface area contributed by atoms with Crippen LogP contribution >= 0.6 is 0 Å². The number of rotatable bonds is 2. The molecule has 0 bridgehead atoms. The van der Waals surface area contributed by atoms with Crippen LogP contribution in [-0.2, 0) is 6.54 Å². The van der Waals surface area contributed by atoms with Crippen LogP contribution < -0.4 is 5.32 Å². The SMILES string of the molecule is Cc1cc(F)ccc1CN1CCC2NCCCC2C1. The number of hydrogen-bond acceptors (Lipinski definition) is 2. The summed E-state index contributed by atoms with van der Waals surface area (Å²) in [6, 6.07) is 5.90. The second-order valence-corrected chi connectivity index (χ2v) is 6.06. The summed E-state index contributed by atoms with van der Waals surface area (Å²) in [5.74, 6) is 0.680. The molecule has 3 heteroatoms. The molecule has 2 saturated heterocycles. The van der Waals surface area contributed by atoms with Crippen LogP contribution in [0.1, 0.15) is 30.4 Å². The number of aryl methyl sites for hydroxylation is 1. The molecule has 19 heavy (non-hydrogen) atoms. The third-order valence-corrected chi connectivity index (χ3v) is 4.67. The minimum Gasteiger partial charge on any atom is -0.314 e. The summed E-state index contributed by atoms with van der Waals surface area (Å²) in [7, 11) is 0. The number of halogens is 1. The molecule has 2 atom stereocenters. The molecule has 0 aromatic heterocycles. The van der Waals surface area contributed by atoms with Crippen molar-refractivity contribution >= 4 is 0 Å². The zero-order valence-corrected chi connectivity index (χ0v) is 11.7. The molecular formula is C16H23FN2. The molecule has 2 heterocycles. The Morgan fingerprint density at radius 1 is 1.37 bits per heavy atom. The number of nitrogens with zero attached hydrogens (tertiary/aromatic N) is 1.